The number of hydrogen-bond acceptors (Lipinski definition) is 1. The molecule has 2 rings (SSSR count). The van der Waals surface area contributed by atoms with Crippen LogP contribution in [0.1, 0.15) is 68.9 Å². The van der Waals surface area contributed by atoms with Crippen molar-refractivity contribution in [3.63, 3.8) is 0 Å². The highest BCUT2D eigenvalue weighted by molar-refractivity contribution is 5.82. The maximum Gasteiger partial charge on any atom is 0.136 e. The zero-order valence-electron chi connectivity index (χ0n) is 10.9. The van der Waals surface area contributed by atoms with Crippen LogP contribution in [0.2, 0.25) is 0 Å². The first kappa shape index (κ1) is 12.3. The molecule has 1 fully saturated rings. The molecule has 0 heterocycles. The molecule has 1 nitrogen and oxygen atoms in total. The Kier molecular flexibility index (Phi) is 3.98. The van der Waals surface area contributed by atoms with Crippen molar-refractivity contribution < 1.29 is 4.79 Å². The molecule has 1 unspecified atom stereocenters. The molecular formula is C16H22O. The fraction of sp³-hybridized carbons (Fsp3) is 0.562. The van der Waals surface area contributed by atoms with Crippen LogP contribution in [0.5, 0.6) is 0 Å². The van der Waals surface area contributed by atoms with Crippen LogP contribution < -0.4 is 0 Å². The van der Waals surface area contributed by atoms with Gasteiger partial charge in [0.1, 0.15) is 5.78 Å². The highest BCUT2D eigenvalue weighted by Gasteiger charge is 2.16. The molecule has 1 atom stereocenters. The van der Waals surface area contributed by atoms with Crippen LogP contribution in [0.4, 0.5) is 0 Å². The van der Waals surface area contributed by atoms with Gasteiger partial charge in [-0.15, -0.1) is 0 Å². The van der Waals surface area contributed by atoms with Crippen molar-refractivity contribution in [3.05, 3.63) is 35.4 Å². The predicted molar refractivity (Wildman–Crippen MR) is 71.4 cm³/mol. The zero-order valence-corrected chi connectivity index (χ0v) is 10.9. The van der Waals surface area contributed by atoms with Gasteiger partial charge in [0.25, 0.3) is 0 Å². The van der Waals surface area contributed by atoms with Gasteiger partial charge in [0.15, 0.2) is 0 Å². The molecule has 0 saturated heterocycles. The fourth-order valence-electron chi connectivity index (χ4n) is 2.73. The van der Waals surface area contributed by atoms with Gasteiger partial charge in [-0.05, 0) is 36.8 Å². The van der Waals surface area contributed by atoms with Crippen LogP contribution in [-0.4, -0.2) is 5.78 Å². The maximum absolute atomic E-state index is 11.3. The number of rotatable bonds is 3. The summed E-state index contributed by atoms with van der Waals surface area (Å²) in [7, 11) is 0. The van der Waals surface area contributed by atoms with Crippen LogP contribution >= 0.6 is 0 Å². The number of hydrogen-bond donors (Lipinski definition) is 0. The summed E-state index contributed by atoms with van der Waals surface area (Å²) >= 11 is 0. The Labute approximate surface area is 104 Å². The van der Waals surface area contributed by atoms with E-state index in [1.807, 2.05) is 6.92 Å². The van der Waals surface area contributed by atoms with Crippen molar-refractivity contribution in [2.24, 2.45) is 0 Å². The molecule has 92 valence electrons. The molecular weight excluding hydrogens is 208 g/mol. The van der Waals surface area contributed by atoms with Gasteiger partial charge in [-0.1, -0.05) is 50.5 Å². The van der Waals surface area contributed by atoms with Crippen molar-refractivity contribution in [2.45, 2.75) is 57.8 Å². The average Bonchev–Trinajstić information content (AvgIpc) is 2.39. The van der Waals surface area contributed by atoms with Crippen molar-refractivity contribution in [2.75, 3.05) is 0 Å². The number of benzene rings is 1. The van der Waals surface area contributed by atoms with E-state index in [2.05, 4.69) is 24.3 Å². The minimum absolute atomic E-state index is 0.0374. The van der Waals surface area contributed by atoms with E-state index in [0.29, 0.717) is 0 Å². The third-order valence-electron chi connectivity index (χ3n) is 4.12. The van der Waals surface area contributed by atoms with Gasteiger partial charge in [0.2, 0.25) is 0 Å². The molecule has 0 N–H and O–H groups in total. The Morgan fingerprint density at radius 3 is 2.24 bits per heavy atom. The van der Waals surface area contributed by atoms with E-state index >= 15 is 0 Å². The molecule has 1 saturated carbocycles. The summed E-state index contributed by atoms with van der Waals surface area (Å²) in [6.07, 6.45) is 6.81. The van der Waals surface area contributed by atoms with Gasteiger partial charge >= 0.3 is 0 Å². The second kappa shape index (κ2) is 5.48. The Morgan fingerprint density at radius 2 is 1.71 bits per heavy atom. The molecule has 0 aromatic heterocycles. The van der Waals surface area contributed by atoms with Gasteiger partial charge in [-0.3, -0.25) is 4.79 Å². The molecule has 17 heavy (non-hydrogen) atoms. The first-order valence-corrected chi connectivity index (χ1v) is 6.79. The first-order valence-electron chi connectivity index (χ1n) is 6.79. The van der Waals surface area contributed by atoms with Gasteiger partial charge in [-0.2, -0.15) is 0 Å². The lowest BCUT2D eigenvalue weighted by molar-refractivity contribution is -0.118. The van der Waals surface area contributed by atoms with E-state index in [1.54, 1.807) is 6.92 Å². The monoisotopic (exact) mass is 230 g/mol. The van der Waals surface area contributed by atoms with E-state index < -0.39 is 0 Å². The molecule has 0 aliphatic heterocycles. The number of ketones is 1. The van der Waals surface area contributed by atoms with Crippen molar-refractivity contribution in [3.8, 4) is 0 Å². The van der Waals surface area contributed by atoms with E-state index in [4.69, 9.17) is 0 Å². The molecule has 0 spiro atoms. The summed E-state index contributed by atoms with van der Waals surface area (Å²) in [6, 6.07) is 8.72. The summed E-state index contributed by atoms with van der Waals surface area (Å²) in [5.41, 5.74) is 2.61. The Hall–Kier alpha value is -1.11. The second-order valence-electron chi connectivity index (χ2n) is 5.33. The van der Waals surface area contributed by atoms with Crippen LogP contribution in [0.15, 0.2) is 24.3 Å². The molecule has 0 radical (unpaired) electrons. The third kappa shape index (κ3) is 2.96. The van der Waals surface area contributed by atoms with E-state index in [9.17, 15) is 4.79 Å². The molecule has 1 heteroatoms. The highest BCUT2D eigenvalue weighted by Crippen LogP contribution is 2.33. The quantitative estimate of drug-likeness (QED) is 0.751. The van der Waals surface area contributed by atoms with Gasteiger partial charge in [-0.25, -0.2) is 0 Å². The maximum atomic E-state index is 11.3. The topological polar surface area (TPSA) is 17.1 Å². The number of Topliss-reactive ketones (excluding diaryl/α,β-unsaturated/α-hetero) is 1. The molecule has 0 amide bonds. The van der Waals surface area contributed by atoms with Crippen molar-refractivity contribution >= 4 is 5.78 Å². The van der Waals surface area contributed by atoms with Crippen LogP contribution in [-0.2, 0) is 4.79 Å². The number of carbonyl (C=O) groups excluding carboxylic acids is 1. The first-order chi connectivity index (χ1) is 8.18. The molecule has 1 aromatic carbocycles. The average molecular weight is 230 g/mol. The zero-order chi connectivity index (χ0) is 12.3. The second-order valence-corrected chi connectivity index (χ2v) is 5.33. The standard InChI is InChI=1S/C16H22O/c1-12(13(2)17)14-8-10-16(11-9-14)15-6-4-3-5-7-15/h8-12,15H,3-7H2,1-2H3. The summed E-state index contributed by atoms with van der Waals surface area (Å²) in [5.74, 6) is 1.04. The lowest BCUT2D eigenvalue weighted by Gasteiger charge is -2.22. The lowest BCUT2D eigenvalue weighted by atomic mass is 9.83. The molecule has 1 aliphatic rings. The normalized spacial score (nSPS) is 18.9. The van der Waals surface area contributed by atoms with Gasteiger partial charge in [0, 0.05) is 5.92 Å². The summed E-state index contributed by atoms with van der Waals surface area (Å²) < 4.78 is 0. The summed E-state index contributed by atoms with van der Waals surface area (Å²) in [5, 5.41) is 0. The minimum atomic E-state index is 0.0374. The highest BCUT2D eigenvalue weighted by atomic mass is 16.1. The Balaban J connectivity index is 2.09. The van der Waals surface area contributed by atoms with Crippen molar-refractivity contribution in [1.29, 1.82) is 0 Å². The molecule has 1 aliphatic carbocycles. The molecule has 1 aromatic rings. The Morgan fingerprint density at radius 1 is 1.12 bits per heavy atom. The van der Waals surface area contributed by atoms with E-state index in [1.165, 1.54) is 37.7 Å². The number of carbonyl (C=O) groups is 1. The SMILES string of the molecule is CC(=O)C(C)c1ccc(C2CCCCC2)cc1. The van der Waals surface area contributed by atoms with Gasteiger partial charge < -0.3 is 0 Å². The predicted octanol–water partition coefficient (Wildman–Crippen LogP) is 4.43. The van der Waals surface area contributed by atoms with Crippen LogP contribution in [0, 0.1) is 0 Å². The van der Waals surface area contributed by atoms with Crippen LogP contribution in [0.3, 0.4) is 0 Å². The Bertz CT molecular complexity index is 371. The van der Waals surface area contributed by atoms with Crippen LogP contribution in [0.25, 0.3) is 0 Å². The largest absolute Gasteiger partial charge is 0.299 e. The van der Waals surface area contributed by atoms with Gasteiger partial charge in [0.05, 0.1) is 0 Å². The lowest BCUT2D eigenvalue weighted by Crippen LogP contribution is -2.06. The fourth-order valence-corrected chi connectivity index (χ4v) is 2.73. The van der Waals surface area contributed by atoms with E-state index in [0.717, 1.165) is 11.5 Å². The molecule has 0 bridgehead atoms. The minimum Gasteiger partial charge on any atom is -0.299 e. The van der Waals surface area contributed by atoms with Crippen molar-refractivity contribution in [1.82, 2.24) is 0 Å². The van der Waals surface area contributed by atoms with E-state index in [-0.39, 0.29) is 11.7 Å². The summed E-state index contributed by atoms with van der Waals surface area (Å²) in [4.78, 5) is 11.3. The third-order valence-corrected chi connectivity index (χ3v) is 4.12. The summed E-state index contributed by atoms with van der Waals surface area (Å²) in [6.45, 7) is 3.65. The smallest absolute Gasteiger partial charge is 0.136 e.